The lowest BCUT2D eigenvalue weighted by Crippen LogP contribution is -2.35. The summed E-state index contributed by atoms with van der Waals surface area (Å²) in [5, 5.41) is 2.81. The molecule has 1 N–H and O–H groups in total. The maximum Gasteiger partial charge on any atom is 0.252 e. The molecule has 1 fully saturated rings. The van der Waals surface area contributed by atoms with Crippen LogP contribution in [-0.2, 0) is 11.2 Å². The Morgan fingerprint density at radius 1 is 1.19 bits per heavy atom. The number of pyridine rings is 1. The van der Waals surface area contributed by atoms with E-state index in [9.17, 15) is 4.79 Å². The van der Waals surface area contributed by atoms with Crippen LogP contribution >= 0.6 is 0 Å². The first kappa shape index (κ1) is 18.4. The van der Waals surface area contributed by atoms with Crippen LogP contribution in [0.1, 0.15) is 28.8 Å². The lowest BCUT2D eigenvalue weighted by atomic mass is 9.90. The topological polar surface area (TPSA) is 54.5 Å². The lowest BCUT2D eigenvalue weighted by molar-refractivity contribution is 0.0937. The van der Waals surface area contributed by atoms with Gasteiger partial charge >= 0.3 is 0 Å². The Balaban J connectivity index is 1.49. The van der Waals surface area contributed by atoms with Crippen molar-refractivity contribution in [1.82, 2.24) is 10.3 Å². The van der Waals surface area contributed by atoms with Crippen molar-refractivity contribution in [2.75, 3.05) is 38.3 Å². The highest BCUT2D eigenvalue weighted by molar-refractivity contribution is 5.94. The molecule has 2 aromatic rings. The summed E-state index contributed by atoms with van der Waals surface area (Å²) in [4.78, 5) is 18.8. The van der Waals surface area contributed by atoms with Gasteiger partial charge in [-0.2, -0.15) is 0 Å². The van der Waals surface area contributed by atoms with Crippen molar-refractivity contribution in [1.29, 1.82) is 0 Å². The van der Waals surface area contributed by atoms with Crippen molar-refractivity contribution >= 4 is 11.7 Å². The maximum atomic E-state index is 12.0. The van der Waals surface area contributed by atoms with Gasteiger partial charge in [0.15, 0.2) is 0 Å². The van der Waals surface area contributed by atoms with E-state index >= 15 is 0 Å². The number of piperidine rings is 1. The maximum absolute atomic E-state index is 12.0. The molecule has 2 heterocycles. The van der Waals surface area contributed by atoms with Gasteiger partial charge in [0.2, 0.25) is 0 Å². The van der Waals surface area contributed by atoms with E-state index in [2.05, 4.69) is 45.5 Å². The molecule has 5 heteroatoms. The van der Waals surface area contributed by atoms with Crippen LogP contribution in [-0.4, -0.2) is 44.2 Å². The number of hydrogen-bond acceptors (Lipinski definition) is 4. The number of benzene rings is 1. The molecule has 0 saturated carbocycles. The zero-order valence-electron chi connectivity index (χ0n) is 15.4. The molecule has 0 radical (unpaired) electrons. The molecule has 1 saturated heterocycles. The monoisotopic (exact) mass is 353 g/mol. The Bertz CT molecular complexity index is 680. The number of carbonyl (C=O) groups excluding carboxylic acids is 1. The molecule has 3 rings (SSSR count). The van der Waals surface area contributed by atoms with Crippen molar-refractivity contribution in [3.8, 4) is 0 Å². The minimum atomic E-state index is -0.109. The van der Waals surface area contributed by atoms with Crippen LogP contribution in [0.5, 0.6) is 0 Å². The molecule has 0 atom stereocenters. The fourth-order valence-corrected chi connectivity index (χ4v) is 3.39. The van der Waals surface area contributed by atoms with Crippen molar-refractivity contribution in [2.24, 2.45) is 5.92 Å². The van der Waals surface area contributed by atoms with Crippen LogP contribution in [0.2, 0.25) is 0 Å². The van der Waals surface area contributed by atoms with Gasteiger partial charge in [0.1, 0.15) is 5.82 Å². The number of nitrogens with one attached hydrogen (secondary N) is 1. The summed E-state index contributed by atoms with van der Waals surface area (Å²) in [6, 6.07) is 14.5. The van der Waals surface area contributed by atoms with Crippen LogP contribution in [0.3, 0.4) is 0 Å². The number of amides is 1. The molecule has 0 bridgehead atoms. The zero-order valence-corrected chi connectivity index (χ0v) is 15.4. The van der Waals surface area contributed by atoms with E-state index in [1.54, 1.807) is 13.3 Å². The highest BCUT2D eigenvalue weighted by Crippen LogP contribution is 2.24. The highest BCUT2D eigenvalue weighted by atomic mass is 16.5. The van der Waals surface area contributed by atoms with Crippen molar-refractivity contribution in [3.63, 3.8) is 0 Å². The Kier molecular flexibility index (Phi) is 6.61. The SMILES string of the molecule is COCCNC(=O)c1ccc(N2CCC(Cc3ccccc3)CC2)nc1. The molecule has 1 aliphatic rings. The third-order valence-corrected chi connectivity index (χ3v) is 4.91. The Hall–Kier alpha value is -2.40. The summed E-state index contributed by atoms with van der Waals surface area (Å²) < 4.78 is 4.94. The fraction of sp³-hybridized carbons (Fsp3) is 0.429. The van der Waals surface area contributed by atoms with Crippen molar-refractivity contribution in [2.45, 2.75) is 19.3 Å². The minimum Gasteiger partial charge on any atom is -0.383 e. The molecule has 5 nitrogen and oxygen atoms in total. The van der Waals surface area contributed by atoms with Gasteiger partial charge in [-0.25, -0.2) is 4.98 Å². The second-order valence-electron chi connectivity index (χ2n) is 6.77. The summed E-state index contributed by atoms with van der Waals surface area (Å²) in [7, 11) is 1.62. The van der Waals surface area contributed by atoms with E-state index in [-0.39, 0.29) is 5.91 Å². The number of hydrogen-bond donors (Lipinski definition) is 1. The largest absolute Gasteiger partial charge is 0.383 e. The van der Waals surface area contributed by atoms with E-state index in [0.29, 0.717) is 18.7 Å². The van der Waals surface area contributed by atoms with E-state index in [0.717, 1.165) is 31.2 Å². The van der Waals surface area contributed by atoms with Crippen LogP contribution < -0.4 is 10.2 Å². The number of rotatable bonds is 7. The van der Waals surface area contributed by atoms with Gasteiger partial charge in [-0.15, -0.1) is 0 Å². The quantitative estimate of drug-likeness (QED) is 0.778. The molecule has 0 aliphatic carbocycles. The van der Waals surface area contributed by atoms with Gasteiger partial charge in [0.25, 0.3) is 5.91 Å². The fourth-order valence-electron chi connectivity index (χ4n) is 3.39. The number of aromatic nitrogens is 1. The molecule has 0 unspecified atom stereocenters. The average molecular weight is 353 g/mol. The summed E-state index contributed by atoms with van der Waals surface area (Å²) in [5.41, 5.74) is 2.01. The Labute approximate surface area is 155 Å². The van der Waals surface area contributed by atoms with Crippen LogP contribution in [0.15, 0.2) is 48.7 Å². The molecule has 1 aromatic carbocycles. The molecular formula is C21H27N3O2. The second-order valence-corrected chi connectivity index (χ2v) is 6.77. The third-order valence-electron chi connectivity index (χ3n) is 4.91. The van der Waals surface area contributed by atoms with Gasteiger partial charge < -0.3 is 15.0 Å². The number of methoxy groups -OCH3 is 1. The van der Waals surface area contributed by atoms with Crippen molar-refractivity contribution < 1.29 is 9.53 Å². The minimum absolute atomic E-state index is 0.109. The molecule has 1 amide bonds. The lowest BCUT2D eigenvalue weighted by Gasteiger charge is -2.33. The first-order valence-electron chi connectivity index (χ1n) is 9.28. The van der Waals surface area contributed by atoms with Gasteiger partial charge in [-0.05, 0) is 42.9 Å². The first-order valence-corrected chi connectivity index (χ1v) is 9.28. The van der Waals surface area contributed by atoms with Crippen LogP contribution in [0.4, 0.5) is 5.82 Å². The van der Waals surface area contributed by atoms with Gasteiger partial charge in [-0.1, -0.05) is 30.3 Å². The Morgan fingerprint density at radius 3 is 2.62 bits per heavy atom. The van der Waals surface area contributed by atoms with Gasteiger partial charge in [-0.3, -0.25) is 4.79 Å². The summed E-state index contributed by atoms with van der Waals surface area (Å²) in [6.45, 7) is 3.05. The van der Waals surface area contributed by atoms with Crippen molar-refractivity contribution in [3.05, 3.63) is 59.8 Å². The van der Waals surface area contributed by atoms with E-state index in [1.807, 2.05) is 12.1 Å². The van der Waals surface area contributed by atoms with E-state index in [1.165, 1.54) is 18.4 Å². The molecular weight excluding hydrogens is 326 g/mol. The molecule has 138 valence electrons. The first-order chi connectivity index (χ1) is 12.8. The van der Waals surface area contributed by atoms with E-state index in [4.69, 9.17) is 4.74 Å². The van der Waals surface area contributed by atoms with E-state index < -0.39 is 0 Å². The molecule has 0 spiro atoms. The summed E-state index contributed by atoms with van der Waals surface area (Å²) >= 11 is 0. The molecule has 26 heavy (non-hydrogen) atoms. The highest BCUT2D eigenvalue weighted by Gasteiger charge is 2.20. The van der Waals surface area contributed by atoms with Gasteiger partial charge in [0, 0.05) is 32.9 Å². The predicted molar refractivity (Wildman–Crippen MR) is 104 cm³/mol. The normalized spacial score (nSPS) is 15.0. The second kappa shape index (κ2) is 9.34. The number of ether oxygens (including phenoxy) is 1. The molecule has 1 aromatic heterocycles. The number of anilines is 1. The average Bonchev–Trinajstić information content (AvgIpc) is 2.70. The standard InChI is InChI=1S/C21H27N3O2/c1-26-14-11-22-21(25)19-7-8-20(23-16-19)24-12-9-18(10-13-24)15-17-5-3-2-4-6-17/h2-8,16,18H,9-15H2,1H3,(H,22,25). The zero-order chi connectivity index (χ0) is 18.2. The summed E-state index contributed by atoms with van der Waals surface area (Å²) in [6.07, 6.45) is 5.17. The third kappa shape index (κ3) is 5.05. The summed E-state index contributed by atoms with van der Waals surface area (Å²) in [5.74, 6) is 1.58. The number of nitrogens with zero attached hydrogens (tertiary/aromatic N) is 2. The molecule has 1 aliphatic heterocycles. The van der Waals surface area contributed by atoms with Gasteiger partial charge in [0.05, 0.1) is 12.2 Å². The van der Waals surface area contributed by atoms with Crippen LogP contribution in [0.25, 0.3) is 0 Å². The Morgan fingerprint density at radius 2 is 1.96 bits per heavy atom. The number of carbonyl (C=O) groups is 1. The predicted octanol–water partition coefficient (Wildman–Crippen LogP) is 2.92. The smallest absolute Gasteiger partial charge is 0.252 e. The van der Waals surface area contributed by atoms with Crippen LogP contribution in [0, 0.1) is 5.92 Å².